The lowest BCUT2D eigenvalue weighted by atomic mass is 10.2. The van der Waals surface area contributed by atoms with Gasteiger partial charge in [0, 0.05) is 60.3 Å². The van der Waals surface area contributed by atoms with E-state index in [4.69, 9.17) is 0 Å². The van der Waals surface area contributed by atoms with E-state index in [0.717, 1.165) is 6.07 Å². The van der Waals surface area contributed by atoms with Gasteiger partial charge in [0.15, 0.2) is 5.65 Å². The fourth-order valence-electron chi connectivity index (χ4n) is 2.71. The van der Waals surface area contributed by atoms with Crippen LogP contribution in [0, 0.1) is 0 Å². The zero-order valence-electron chi connectivity index (χ0n) is 14.9. The highest BCUT2D eigenvalue weighted by Gasteiger charge is 2.20. The number of amides is 1. The van der Waals surface area contributed by atoms with Crippen molar-refractivity contribution in [2.24, 2.45) is 0 Å². The first-order valence-electron chi connectivity index (χ1n) is 8.47. The quantitative estimate of drug-likeness (QED) is 0.718. The summed E-state index contributed by atoms with van der Waals surface area (Å²) in [6.07, 6.45) is 1.82. The molecule has 142 valence electrons. The molecule has 0 saturated heterocycles. The maximum atomic E-state index is 13.3. The number of alkyl halides is 2. The lowest BCUT2D eigenvalue weighted by molar-refractivity contribution is -0.116. The van der Waals surface area contributed by atoms with E-state index in [9.17, 15) is 18.4 Å². The Morgan fingerprint density at radius 1 is 1.26 bits per heavy atom. The number of nitrogens with one attached hydrogen (secondary N) is 1. The van der Waals surface area contributed by atoms with Gasteiger partial charge in [-0.1, -0.05) is 0 Å². The zero-order valence-corrected chi connectivity index (χ0v) is 14.9. The minimum absolute atomic E-state index is 0.000106. The summed E-state index contributed by atoms with van der Waals surface area (Å²) in [5.41, 5.74) is -0.212. The minimum Gasteiger partial charge on any atom is -0.326 e. The van der Waals surface area contributed by atoms with Crippen molar-refractivity contribution >= 4 is 22.6 Å². The Kier molecular flexibility index (Phi) is 5.29. The van der Waals surface area contributed by atoms with Crippen LogP contribution in [0.5, 0.6) is 0 Å². The van der Waals surface area contributed by atoms with Crippen molar-refractivity contribution in [2.75, 3.05) is 5.32 Å². The summed E-state index contributed by atoms with van der Waals surface area (Å²) < 4.78 is 29.4. The molecule has 27 heavy (non-hydrogen) atoms. The molecule has 0 unspecified atom stereocenters. The van der Waals surface area contributed by atoms with Gasteiger partial charge >= 0.3 is 0 Å². The summed E-state index contributed by atoms with van der Waals surface area (Å²) in [7, 11) is 0. The van der Waals surface area contributed by atoms with Crippen LogP contribution in [0.1, 0.15) is 38.3 Å². The van der Waals surface area contributed by atoms with E-state index in [-0.39, 0.29) is 41.5 Å². The molecule has 0 aromatic carbocycles. The Morgan fingerprint density at radius 2 is 1.96 bits per heavy atom. The molecule has 0 saturated carbocycles. The van der Waals surface area contributed by atoms with Crippen molar-refractivity contribution in [1.29, 1.82) is 0 Å². The molecule has 0 spiro atoms. The molecule has 0 aliphatic heterocycles. The summed E-state index contributed by atoms with van der Waals surface area (Å²) in [4.78, 5) is 28.3. The van der Waals surface area contributed by atoms with Crippen LogP contribution in [0.25, 0.3) is 11.0 Å². The van der Waals surface area contributed by atoms with Crippen LogP contribution >= 0.6 is 0 Å². The van der Waals surface area contributed by atoms with Crippen LogP contribution in [0.2, 0.25) is 0 Å². The topological polar surface area (TPSA) is 81.8 Å². The molecular formula is C18H19F2N5O2. The first-order chi connectivity index (χ1) is 12.9. The summed E-state index contributed by atoms with van der Waals surface area (Å²) in [5, 5.41) is 7.19. The average Bonchev–Trinajstić information content (AvgIpc) is 3.06. The van der Waals surface area contributed by atoms with Crippen LogP contribution in [-0.2, 0) is 11.3 Å². The third-order valence-electron chi connectivity index (χ3n) is 4.11. The standard InChI is InChI=1S/C18H19F2N5O2/c1-11(2)25-10-14-13(17(19)20)9-16(27)24(18(14)23-25)8-5-15(26)22-12-3-6-21-7-4-12/h3-4,6-7,9-11,17H,5,8H2,1-2H3,(H,21,22,26). The van der Waals surface area contributed by atoms with Crippen molar-refractivity contribution < 1.29 is 13.6 Å². The van der Waals surface area contributed by atoms with Gasteiger partial charge in [-0.2, -0.15) is 5.10 Å². The molecule has 0 aliphatic carbocycles. The summed E-state index contributed by atoms with van der Waals surface area (Å²) in [5.74, 6) is -0.303. The van der Waals surface area contributed by atoms with Gasteiger partial charge in [0.2, 0.25) is 5.91 Å². The second-order valence-corrected chi connectivity index (χ2v) is 6.36. The monoisotopic (exact) mass is 375 g/mol. The number of fused-ring (bicyclic) bond motifs is 1. The Hall–Kier alpha value is -3.10. The summed E-state index contributed by atoms with van der Waals surface area (Å²) in [6.45, 7) is 3.75. The largest absolute Gasteiger partial charge is 0.326 e. The Labute approximate surface area is 153 Å². The van der Waals surface area contributed by atoms with E-state index in [1.54, 1.807) is 24.5 Å². The van der Waals surface area contributed by atoms with Crippen molar-refractivity contribution in [2.45, 2.75) is 39.3 Å². The fraction of sp³-hybridized carbons (Fsp3) is 0.333. The smallest absolute Gasteiger partial charge is 0.264 e. The molecule has 3 aromatic heterocycles. The van der Waals surface area contributed by atoms with Crippen LogP contribution < -0.4 is 10.9 Å². The highest BCUT2D eigenvalue weighted by atomic mass is 19.3. The minimum atomic E-state index is -2.78. The fourth-order valence-corrected chi connectivity index (χ4v) is 2.71. The molecule has 3 rings (SSSR count). The second-order valence-electron chi connectivity index (χ2n) is 6.36. The van der Waals surface area contributed by atoms with Gasteiger partial charge in [-0.3, -0.25) is 23.8 Å². The molecular weight excluding hydrogens is 356 g/mol. The molecule has 3 heterocycles. The number of aryl methyl sites for hydroxylation is 1. The van der Waals surface area contributed by atoms with Gasteiger partial charge < -0.3 is 5.32 Å². The predicted octanol–water partition coefficient (Wildman–Crippen LogP) is 3.14. The number of halogens is 2. The molecule has 1 N–H and O–H groups in total. The number of nitrogens with zero attached hydrogens (tertiary/aromatic N) is 4. The lowest BCUT2D eigenvalue weighted by Gasteiger charge is -2.09. The van der Waals surface area contributed by atoms with E-state index in [1.807, 2.05) is 13.8 Å². The number of carbonyl (C=O) groups is 1. The maximum absolute atomic E-state index is 13.3. The van der Waals surface area contributed by atoms with Crippen LogP contribution in [0.4, 0.5) is 14.5 Å². The summed E-state index contributed by atoms with van der Waals surface area (Å²) in [6, 6.07) is 4.15. The number of rotatable bonds is 6. The van der Waals surface area contributed by atoms with Gasteiger partial charge in [-0.25, -0.2) is 8.78 Å². The highest BCUT2D eigenvalue weighted by Crippen LogP contribution is 2.26. The Balaban J connectivity index is 1.89. The Bertz CT molecular complexity index is 1010. The van der Waals surface area contributed by atoms with E-state index >= 15 is 0 Å². The van der Waals surface area contributed by atoms with E-state index < -0.39 is 12.0 Å². The number of carbonyl (C=O) groups excluding carboxylic acids is 1. The van der Waals surface area contributed by atoms with E-state index in [1.165, 1.54) is 15.4 Å². The van der Waals surface area contributed by atoms with Crippen LogP contribution in [0.15, 0.2) is 41.6 Å². The average molecular weight is 375 g/mol. The molecule has 1 amide bonds. The maximum Gasteiger partial charge on any atom is 0.264 e. The predicted molar refractivity (Wildman–Crippen MR) is 96.8 cm³/mol. The molecule has 9 heteroatoms. The first-order valence-corrected chi connectivity index (χ1v) is 8.47. The number of pyridine rings is 2. The molecule has 3 aromatic rings. The zero-order chi connectivity index (χ0) is 19.6. The molecule has 0 aliphatic rings. The molecule has 7 nitrogen and oxygen atoms in total. The van der Waals surface area contributed by atoms with E-state index in [0.29, 0.717) is 5.69 Å². The van der Waals surface area contributed by atoms with Gasteiger partial charge in [0.05, 0.1) is 0 Å². The number of aromatic nitrogens is 4. The first kappa shape index (κ1) is 18.7. The van der Waals surface area contributed by atoms with Gasteiger partial charge in [-0.05, 0) is 26.0 Å². The molecule has 0 radical (unpaired) electrons. The number of hydrogen-bond donors (Lipinski definition) is 1. The number of anilines is 1. The van der Waals surface area contributed by atoms with E-state index in [2.05, 4.69) is 15.4 Å². The van der Waals surface area contributed by atoms with Gasteiger partial charge in [0.1, 0.15) is 0 Å². The number of hydrogen-bond acceptors (Lipinski definition) is 4. The molecule has 0 bridgehead atoms. The van der Waals surface area contributed by atoms with Crippen molar-refractivity contribution in [3.63, 3.8) is 0 Å². The lowest BCUT2D eigenvalue weighted by Crippen LogP contribution is -2.24. The van der Waals surface area contributed by atoms with Crippen molar-refractivity contribution in [1.82, 2.24) is 19.3 Å². The van der Waals surface area contributed by atoms with Gasteiger partial charge in [-0.15, -0.1) is 0 Å². The third-order valence-corrected chi connectivity index (χ3v) is 4.11. The normalized spacial score (nSPS) is 11.5. The van der Waals surface area contributed by atoms with Crippen molar-refractivity contribution in [3.05, 3.63) is 52.7 Å². The highest BCUT2D eigenvalue weighted by molar-refractivity contribution is 5.90. The molecule has 0 fully saturated rings. The molecule has 0 atom stereocenters. The summed E-state index contributed by atoms with van der Waals surface area (Å²) >= 11 is 0. The van der Waals surface area contributed by atoms with Crippen molar-refractivity contribution in [3.8, 4) is 0 Å². The van der Waals surface area contributed by atoms with Gasteiger partial charge in [0.25, 0.3) is 12.0 Å². The van der Waals surface area contributed by atoms with Crippen LogP contribution in [-0.4, -0.2) is 25.2 Å². The second kappa shape index (κ2) is 7.65. The van der Waals surface area contributed by atoms with Crippen LogP contribution in [0.3, 0.4) is 0 Å². The SMILES string of the molecule is CC(C)n1cc2c(C(F)F)cc(=O)n(CCC(=O)Nc3ccncc3)c2n1. The third kappa shape index (κ3) is 4.02. The Morgan fingerprint density at radius 3 is 2.59 bits per heavy atom.